The Bertz CT molecular complexity index is 435. The third-order valence-corrected chi connectivity index (χ3v) is 3.42. The number of nitrogens with zero attached hydrogens (tertiary/aromatic N) is 2. The summed E-state index contributed by atoms with van der Waals surface area (Å²) in [4.78, 5) is 7.06. The second kappa shape index (κ2) is 4.49. The smallest absolute Gasteiger partial charge is 0.107 e. The van der Waals surface area contributed by atoms with Crippen molar-refractivity contribution in [2.45, 2.75) is 19.4 Å². The van der Waals surface area contributed by atoms with E-state index in [0.717, 1.165) is 25.6 Å². The fourth-order valence-electron chi connectivity index (χ4n) is 2.46. The maximum absolute atomic E-state index is 4.66. The molecule has 0 atom stereocenters. The zero-order chi connectivity index (χ0) is 11.7. The van der Waals surface area contributed by atoms with Crippen LogP contribution >= 0.6 is 0 Å². The zero-order valence-corrected chi connectivity index (χ0v) is 10.3. The summed E-state index contributed by atoms with van der Waals surface area (Å²) in [5.74, 6) is 2.07. The van der Waals surface area contributed by atoms with Crippen LogP contribution in [0.15, 0.2) is 29.3 Å². The van der Waals surface area contributed by atoms with E-state index in [0.29, 0.717) is 0 Å². The molecule has 0 aromatic heterocycles. The predicted molar refractivity (Wildman–Crippen MR) is 71.6 cm³/mol. The molecule has 0 bridgehead atoms. The largest absolute Gasteiger partial charge is 0.328 e. The predicted octanol–water partition coefficient (Wildman–Crippen LogP) is 2.03. The van der Waals surface area contributed by atoms with Gasteiger partial charge in [-0.3, -0.25) is 4.99 Å². The highest BCUT2D eigenvalue weighted by Gasteiger charge is 2.33. The van der Waals surface area contributed by atoms with Crippen LogP contribution in [0.1, 0.15) is 18.4 Å². The molecular formula is C14H19N3. The Morgan fingerprint density at radius 2 is 2.29 bits per heavy atom. The standard InChI is InChI=1S/C14H19N3/c1-15-10-11-3-2-4-13(9-11)17-8-7-16-14(17)12-5-6-12/h2-4,9,12,15H,5-8,10H2,1H3. The first-order valence-corrected chi connectivity index (χ1v) is 6.44. The van der Waals surface area contributed by atoms with Gasteiger partial charge in [0.25, 0.3) is 0 Å². The molecule has 0 unspecified atom stereocenters. The molecule has 1 aromatic rings. The second-order valence-electron chi connectivity index (χ2n) is 4.87. The molecule has 1 aliphatic carbocycles. The molecule has 3 nitrogen and oxygen atoms in total. The molecule has 3 heteroatoms. The van der Waals surface area contributed by atoms with Gasteiger partial charge in [0, 0.05) is 24.7 Å². The summed E-state index contributed by atoms with van der Waals surface area (Å²) in [5, 5.41) is 3.20. The second-order valence-corrected chi connectivity index (χ2v) is 4.87. The van der Waals surface area contributed by atoms with E-state index in [1.165, 1.54) is 29.9 Å². The summed E-state index contributed by atoms with van der Waals surface area (Å²) in [6, 6.07) is 8.79. The summed E-state index contributed by atoms with van der Waals surface area (Å²) >= 11 is 0. The Kier molecular flexibility index (Phi) is 2.85. The molecule has 1 fully saturated rings. The van der Waals surface area contributed by atoms with Crippen molar-refractivity contribution in [3.8, 4) is 0 Å². The van der Waals surface area contributed by atoms with Crippen LogP contribution in [0.5, 0.6) is 0 Å². The monoisotopic (exact) mass is 229 g/mol. The summed E-state index contributed by atoms with van der Waals surface area (Å²) in [7, 11) is 1.99. The van der Waals surface area contributed by atoms with Gasteiger partial charge < -0.3 is 10.2 Å². The topological polar surface area (TPSA) is 27.6 Å². The Balaban J connectivity index is 1.83. The number of hydrogen-bond donors (Lipinski definition) is 1. The molecule has 1 saturated carbocycles. The minimum atomic E-state index is 0.741. The van der Waals surface area contributed by atoms with Gasteiger partial charge in [-0.05, 0) is 37.6 Å². The van der Waals surface area contributed by atoms with Gasteiger partial charge in [0.15, 0.2) is 0 Å². The maximum Gasteiger partial charge on any atom is 0.107 e. The molecule has 0 saturated heterocycles. The first-order valence-electron chi connectivity index (χ1n) is 6.44. The van der Waals surface area contributed by atoms with Gasteiger partial charge in [-0.25, -0.2) is 0 Å². The summed E-state index contributed by atoms with van der Waals surface area (Å²) in [6.07, 6.45) is 2.65. The quantitative estimate of drug-likeness (QED) is 0.855. The lowest BCUT2D eigenvalue weighted by Gasteiger charge is -2.21. The molecule has 1 N–H and O–H groups in total. The molecule has 1 aromatic carbocycles. The maximum atomic E-state index is 4.66. The lowest BCUT2D eigenvalue weighted by molar-refractivity contribution is 0.817. The number of rotatable bonds is 4. The van der Waals surface area contributed by atoms with Crippen molar-refractivity contribution >= 4 is 11.5 Å². The van der Waals surface area contributed by atoms with Crippen molar-refractivity contribution in [3.05, 3.63) is 29.8 Å². The third-order valence-electron chi connectivity index (χ3n) is 3.42. The zero-order valence-electron chi connectivity index (χ0n) is 10.3. The normalized spacial score (nSPS) is 19.6. The Labute approximate surface area is 103 Å². The molecule has 90 valence electrons. The first-order chi connectivity index (χ1) is 8.38. The minimum absolute atomic E-state index is 0.741. The van der Waals surface area contributed by atoms with Crippen LogP contribution in [-0.4, -0.2) is 26.0 Å². The van der Waals surface area contributed by atoms with Crippen molar-refractivity contribution in [1.29, 1.82) is 0 Å². The highest BCUT2D eigenvalue weighted by molar-refractivity contribution is 6.02. The molecule has 0 radical (unpaired) electrons. The molecule has 2 aliphatic rings. The van der Waals surface area contributed by atoms with Crippen molar-refractivity contribution in [3.63, 3.8) is 0 Å². The van der Waals surface area contributed by atoms with Crippen LogP contribution in [0, 0.1) is 5.92 Å². The number of aliphatic imine (C=N–C) groups is 1. The van der Waals surface area contributed by atoms with E-state index >= 15 is 0 Å². The van der Waals surface area contributed by atoms with E-state index in [1.54, 1.807) is 0 Å². The van der Waals surface area contributed by atoms with Crippen LogP contribution in [0.2, 0.25) is 0 Å². The molecule has 17 heavy (non-hydrogen) atoms. The third kappa shape index (κ3) is 2.20. The molecular weight excluding hydrogens is 210 g/mol. The van der Waals surface area contributed by atoms with E-state index in [1.807, 2.05) is 7.05 Å². The van der Waals surface area contributed by atoms with Crippen molar-refractivity contribution < 1.29 is 0 Å². The molecule has 1 aliphatic heterocycles. The van der Waals surface area contributed by atoms with Gasteiger partial charge in [0.2, 0.25) is 0 Å². The van der Waals surface area contributed by atoms with E-state index in [-0.39, 0.29) is 0 Å². The summed E-state index contributed by atoms with van der Waals surface area (Å²) < 4.78 is 0. The fraction of sp³-hybridized carbons (Fsp3) is 0.500. The van der Waals surface area contributed by atoms with Gasteiger partial charge in [-0.15, -0.1) is 0 Å². The van der Waals surface area contributed by atoms with Crippen molar-refractivity contribution in [1.82, 2.24) is 5.32 Å². The van der Waals surface area contributed by atoms with Crippen LogP contribution in [0.4, 0.5) is 5.69 Å². The van der Waals surface area contributed by atoms with Crippen LogP contribution in [0.25, 0.3) is 0 Å². The lowest BCUT2D eigenvalue weighted by Crippen LogP contribution is -2.28. The Morgan fingerprint density at radius 3 is 3.06 bits per heavy atom. The number of benzene rings is 1. The molecule has 0 amide bonds. The first kappa shape index (κ1) is 10.8. The van der Waals surface area contributed by atoms with Gasteiger partial charge >= 0.3 is 0 Å². The van der Waals surface area contributed by atoms with E-state index in [4.69, 9.17) is 0 Å². The lowest BCUT2D eigenvalue weighted by atomic mass is 10.1. The van der Waals surface area contributed by atoms with E-state index in [2.05, 4.69) is 39.5 Å². The summed E-state index contributed by atoms with van der Waals surface area (Å²) in [5.41, 5.74) is 2.65. The van der Waals surface area contributed by atoms with E-state index < -0.39 is 0 Å². The van der Waals surface area contributed by atoms with Crippen LogP contribution in [0.3, 0.4) is 0 Å². The van der Waals surface area contributed by atoms with Crippen molar-refractivity contribution in [2.24, 2.45) is 10.9 Å². The molecule has 1 heterocycles. The average molecular weight is 229 g/mol. The Hall–Kier alpha value is -1.35. The number of amidine groups is 1. The summed E-state index contributed by atoms with van der Waals surface area (Å²) in [6.45, 7) is 2.94. The van der Waals surface area contributed by atoms with Gasteiger partial charge in [-0.1, -0.05) is 12.1 Å². The van der Waals surface area contributed by atoms with Crippen molar-refractivity contribution in [2.75, 3.05) is 25.0 Å². The molecule has 0 spiro atoms. The van der Waals surface area contributed by atoms with Gasteiger partial charge in [-0.2, -0.15) is 0 Å². The highest BCUT2D eigenvalue weighted by atomic mass is 15.2. The fourth-order valence-corrected chi connectivity index (χ4v) is 2.46. The minimum Gasteiger partial charge on any atom is -0.328 e. The van der Waals surface area contributed by atoms with Crippen LogP contribution in [-0.2, 0) is 6.54 Å². The van der Waals surface area contributed by atoms with Gasteiger partial charge in [0.05, 0.1) is 6.54 Å². The van der Waals surface area contributed by atoms with Gasteiger partial charge in [0.1, 0.15) is 5.84 Å². The number of anilines is 1. The number of nitrogens with one attached hydrogen (secondary N) is 1. The highest BCUT2D eigenvalue weighted by Crippen LogP contribution is 2.35. The Morgan fingerprint density at radius 1 is 1.41 bits per heavy atom. The van der Waals surface area contributed by atoms with E-state index in [9.17, 15) is 0 Å². The molecule has 3 rings (SSSR count). The number of hydrogen-bond acceptors (Lipinski definition) is 3. The average Bonchev–Trinajstić information content (AvgIpc) is 3.08. The SMILES string of the molecule is CNCc1cccc(N2CCN=C2C2CC2)c1. The van der Waals surface area contributed by atoms with Crippen LogP contribution < -0.4 is 10.2 Å².